The van der Waals surface area contributed by atoms with Gasteiger partial charge in [0.05, 0.1) is 16.6 Å². The van der Waals surface area contributed by atoms with Crippen molar-refractivity contribution in [2.75, 3.05) is 6.61 Å². The molecule has 0 radical (unpaired) electrons. The molecule has 0 spiro atoms. The molecular weight excluding hydrogens is 350 g/mol. The van der Waals surface area contributed by atoms with Crippen LogP contribution in [0.15, 0.2) is 6.07 Å². The van der Waals surface area contributed by atoms with Gasteiger partial charge in [-0.05, 0) is 41.1 Å². The van der Waals surface area contributed by atoms with Crippen molar-refractivity contribution in [3.05, 3.63) is 26.8 Å². The van der Waals surface area contributed by atoms with E-state index < -0.39 is 24.0 Å². The van der Waals surface area contributed by atoms with Crippen molar-refractivity contribution in [1.29, 1.82) is 0 Å². The van der Waals surface area contributed by atoms with Crippen LogP contribution < -0.4 is 0 Å². The highest BCUT2D eigenvalue weighted by atomic mass is 127. The number of hydrogen-bond acceptors (Lipinski definition) is 3. The van der Waals surface area contributed by atoms with Gasteiger partial charge in [-0.3, -0.25) is 4.79 Å². The molecule has 0 unspecified atom stereocenters. The second-order valence-electron chi connectivity index (χ2n) is 3.09. The summed E-state index contributed by atoms with van der Waals surface area (Å²) in [4.78, 5) is 14.3. The second kappa shape index (κ2) is 6.18. The van der Waals surface area contributed by atoms with Gasteiger partial charge in [0.15, 0.2) is 0 Å². The average molecular weight is 359 g/mol. The maximum atomic E-state index is 13.0. The number of ether oxygens (including phenoxy) is 1. The number of rotatable bonds is 4. The lowest BCUT2D eigenvalue weighted by atomic mass is 10.1. The van der Waals surface area contributed by atoms with Gasteiger partial charge in [-0.25, -0.2) is 13.8 Å². The molecule has 0 N–H and O–H groups in total. The number of halogens is 4. The summed E-state index contributed by atoms with van der Waals surface area (Å²) < 4.78 is 43.0. The van der Waals surface area contributed by atoms with E-state index in [-0.39, 0.29) is 22.2 Å². The zero-order valence-corrected chi connectivity index (χ0v) is 11.0. The third-order valence-corrected chi connectivity index (χ3v) is 2.65. The number of pyridine rings is 1. The highest BCUT2D eigenvalue weighted by Crippen LogP contribution is 2.24. The fraction of sp³-hybridized carbons (Fsp3) is 0.400. The van der Waals surface area contributed by atoms with Gasteiger partial charge >= 0.3 is 5.97 Å². The first-order valence-electron chi connectivity index (χ1n) is 4.74. The van der Waals surface area contributed by atoms with E-state index in [4.69, 9.17) is 0 Å². The Bertz CT molecular complexity index is 426. The molecule has 1 heterocycles. The number of carbonyl (C=O) groups is 1. The van der Waals surface area contributed by atoms with Crippen molar-refractivity contribution in [1.82, 2.24) is 4.98 Å². The predicted octanol–water partition coefficient (Wildman–Crippen LogP) is 2.87. The molecule has 3 nitrogen and oxygen atoms in total. The van der Waals surface area contributed by atoms with Crippen LogP contribution in [0.2, 0.25) is 0 Å². The van der Waals surface area contributed by atoms with Crippen LogP contribution in [0.25, 0.3) is 0 Å². The number of alkyl halides is 2. The minimum Gasteiger partial charge on any atom is -0.466 e. The zero-order valence-electron chi connectivity index (χ0n) is 8.84. The summed E-state index contributed by atoms with van der Waals surface area (Å²) in [5.41, 5.74) is -0.722. The minimum atomic E-state index is -2.93. The minimum absolute atomic E-state index is 0.00995. The molecule has 1 aromatic heterocycles. The highest BCUT2D eigenvalue weighted by Gasteiger charge is 2.20. The van der Waals surface area contributed by atoms with E-state index in [0.29, 0.717) is 0 Å². The summed E-state index contributed by atoms with van der Waals surface area (Å²) in [6, 6.07) is 1.18. The Labute approximate surface area is 110 Å². The third kappa shape index (κ3) is 3.83. The molecule has 94 valence electrons. The summed E-state index contributed by atoms with van der Waals surface area (Å²) >= 11 is 1.62. The molecule has 0 bridgehead atoms. The monoisotopic (exact) mass is 359 g/mol. The Kier molecular flexibility index (Phi) is 5.16. The number of aromatic nitrogens is 1. The fourth-order valence-corrected chi connectivity index (χ4v) is 1.71. The Morgan fingerprint density at radius 3 is 2.76 bits per heavy atom. The van der Waals surface area contributed by atoms with Crippen molar-refractivity contribution in [2.45, 2.75) is 19.8 Å². The van der Waals surface area contributed by atoms with Crippen LogP contribution in [0.5, 0.6) is 0 Å². The lowest BCUT2D eigenvalue weighted by Gasteiger charge is -2.08. The molecule has 0 saturated heterocycles. The lowest BCUT2D eigenvalue weighted by molar-refractivity contribution is -0.142. The molecule has 17 heavy (non-hydrogen) atoms. The molecule has 0 aliphatic rings. The lowest BCUT2D eigenvalue weighted by Crippen LogP contribution is -2.12. The Hall–Kier alpha value is -0.860. The molecule has 0 amide bonds. The van der Waals surface area contributed by atoms with Crippen LogP contribution in [0.3, 0.4) is 0 Å². The van der Waals surface area contributed by atoms with Crippen molar-refractivity contribution in [2.24, 2.45) is 0 Å². The molecule has 7 heteroatoms. The molecule has 1 aromatic rings. The van der Waals surface area contributed by atoms with Crippen molar-refractivity contribution >= 4 is 28.6 Å². The van der Waals surface area contributed by atoms with Crippen molar-refractivity contribution in [3.63, 3.8) is 0 Å². The predicted molar refractivity (Wildman–Crippen MR) is 62.2 cm³/mol. The van der Waals surface area contributed by atoms with Gasteiger partial charge in [0.2, 0.25) is 5.95 Å². The summed E-state index contributed by atoms with van der Waals surface area (Å²) in [5, 5.41) is 0. The van der Waals surface area contributed by atoms with E-state index in [0.717, 1.165) is 0 Å². The largest absolute Gasteiger partial charge is 0.466 e. The first kappa shape index (κ1) is 14.2. The van der Waals surface area contributed by atoms with E-state index in [9.17, 15) is 18.0 Å². The van der Waals surface area contributed by atoms with Gasteiger partial charge in [0.25, 0.3) is 6.43 Å². The van der Waals surface area contributed by atoms with Crippen LogP contribution in [0.4, 0.5) is 13.2 Å². The standard InChI is InChI=1S/C10H9F3INO2/c1-2-17-7(16)4-5-3-6(14)10(13)15-8(5)9(11)12/h3,9H,2,4H2,1H3. The Balaban J connectivity index is 3.04. The van der Waals surface area contributed by atoms with Crippen molar-refractivity contribution < 1.29 is 22.7 Å². The topological polar surface area (TPSA) is 39.2 Å². The van der Waals surface area contributed by atoms with E-state index >= 15 is 0 Å². The molecular formula is C10H9F3INO2. The van der Waals surface area contributed by atoms with E-state index in [1.807, 2.05) is 0 Å². The molecule has 0 aliphatic heterocycles. The third-order valence-electron chi connectivity index (χ3n) is 1.89. The molecule has 1 rings (SSSR count). The first-order chi connectivity index (χ1) is 7.95. The van der Waals surface area contributed by atoms with Gasteiger partial charge in [-0.15, -0.1) is 0 Å². The summed E-state index contributed by atoms with van der Waals surface area (Å²) in [6.45, 7) is 1.77. The normalized spacial score (nSPS) is 10.7. The molecule has 0 aromatic carbocycles. The number of nitrogens with zero attached hydrogens (tertiary/aromatic N) is 1. The average Bonchev–Trinajstić information content (AvgIpc) is 2.23. The van der Waals surface area contributed by atoms with Crippen LogP contribution in [0, 0.1) is 9.52 Å². The molecule has 0 aliphatic carbocycles. The van der Waals surface area contributed by atoms with Gasteiger partial charge in [-0.2, -0.15) is 4.39 Å². The second-order valence-corrected chi connectivity index (χ2v) is 4.25. The number of hydrogen-bond donors (Lipinski definition) is 0. The summed E-state index contributed by atoms with van der Waals surface area (Å²) in [7, 11) is 0. The Morgan fingerprint density at radius 1 is 1.59 bits per heavy atom. The van der Waals surface area contributed by atoms with Gasteiger partial charge in [0.1, 0.15) is 5.69 Å². The molecule has 0 atom stereocenters. The smallest absolute Gasteiger partial charge is 0.310 e. The first-order valence-corrected chi connectivity index (χ1v) is 5.82. The van der Waals surface area contributed by atoms with Crippen LogP contribution >= 0.6 is 22.6 Å². The molecule has 0 saturated carbocycles. The molecule has 0 fully saturated rings. The van der Waals surface area contributed by atoms with Crippen molar-refractivity contribution in [3.8, 4) is 0 Å². The summed E-state index contributed by atoms with van der Waals surface area (Å²) in [5.74, 6) is -1.60. The maximum absolute atomic E-state index is 13.0. The van der Waals surface area contributed by atoms with Gasteiger partial charge < -0.3 is 4.74 Å². The van der Waals surface area contributed by atoms with Gasteiger partial charge in [0, 0.05) is 0 Å². The van der Waals surface area contributed by atoms with E-state index in [2.05, 4.69) is 9.72 Å². The quantitative estimate of drug-likeness (QED) is 0.472. The summed E-state index contributed by atoms with van der Waals surface area (Å²) in [6.07, 6.45) is -3.26. The van der Waals surface area contributed by atoms with Gasteiger partial charge in [-0.1, -0.05) is 0 Å². The zero-order chi connectivity index (χ0) is 13.0. The fourth-order valence-electron chi connectivity index (χ4n) is 1.22. The maximum Gasteiger partial charge on any atom is 0.310 e. The van der Waals surface area contributed by atoms with Crippen LogP contribution in [0.1, 0.15) is 24.6 Å². The SMILES string of the molecule is CCOC(=O)Cc1cc(I)c(F)nc1C(F)F. The highest BCUT2D eigenvalue weighted by molar-refractivity contribution is 14.1. The van der Waals surface area contributed by atoms with Crippen LogP contribution in [-0.2, 0) is 16.0 Å². The Morgan fingerprint density at radius 2 is 2.24 bits per heavy atom. The number of esters is 1. The number of carbonyl (C=O) groups excluding carboxylic acids is 1. The van der Waals surface area contributed by atoms with E-state index in [1.165, 1.54) is 6.07 Å². The van der Waals surface area contributed by atoms with Crippen LogP contribution in [-0.4, -0.2) is 17.6 Å². The van der Waals surface area contributed by atoms with E-state index in [1.54, 1.807) is 29.5 Å².